The van der Waals surface area contributed by atoms with E-state index in [0.29, 0.717) is 0 Å². The van der Waals surface area contributed by atoms with Crippen LogP contribution in [0.2, 0.25) is 0 Å². The molecule has 14 heavy (non-hydrogen) atoms. The Balaban J connectivity index is -0.000000125. The van der Waals surface area contributed by atoms with Crippen molar-refractivity contribution in [3.63, 3.8) is 0 Å². The summed E-state index contributed by atoms with van der Waals surface area (Å²) in [4.78, 5) is 14.1. The van der Waals surface area contributed by atoms with Gasteiger partial charge in [0, 0.05) is 0 Å². The molecule has 0 spiro atoms. The van der Waals surface area contributed by atoms with Crippen LogP contribution in [0.3, 0.4) is 0 Å². The van der Waals surface area contributed by atoms with Crippen LogP contribution in [-0.4, -0.2) is 45.0 Å². The van der Waals surface area contributed by atoms with Crippen molar-refractivity contribution in [2.75, 3.05) is 0 Å². The van der Waals surface area contributed by atoms with E-state index >= 15 is 0 Å². The summed E-state index contributed by atoms with van der Waals surface area (Å²) in [7, 11) is 0. The van der Waals surface area contributed by atoms with Crippen molar-refractivity contribution in [1.82, 2.24) is 0 Å². The SMILES string of the molecule is O.O.O[B-]1(O)OO[B-](O)(O)OO1.[Na+].[Na+]. The number of rotatable bonds is 0. The average molecular weight is 236 g/mol. The fourth-order valence-electron chi connectivity index (χ4n) is 0.322. The first-order chi connectivity index (χ1) is 4.41. The fourth-order valence-corrected chi connectivity index (χ4v) is 0.322. The Kier molecular flexibility index (Phi) is 15.7. The smallest absolute Gasteiger partial charge is 0.531 e. The van der Waals surface area contributed by atoms with Crippen LogP contribution in [0.4, 0.5) is 0 Å². The van der Waals surface area contributed by atoms with Gasteiger partial charge < -0.3 is 50.3 Å². The maximum Gasteiger partial charge on any atom is 1.00 e. The van der Waals surface area contributed by atoms with Gasteiger partial charge in [0.1, 0.15) is 0 Å². The zero-order chi connectivity index (χ0) is 7.83. The molecule has 14 heteroatoms. The molecule has 0 unspecified atom stereocenters. The Bertz CT molecular complexity index is 108. The molecular weight excluding hydrogens is 228 g/mol. The van der Waals surface area contributed by atoms with Crippen molar-refractivity contribution < 1.29 is 109 Å². The van der Waals surface area contributed by atoms with Crippen molar-refractivity contribution in [2.45, 2.75) is 0 Å². The van der Waals surface area contributed by atoms with Gasteiger partial charge in [0.2, 0.25) is 0 Å². The molecule has 1 saturated heterocycles. The van der Waals surface area contributed by atoms with Gasteiger partial charge in [-0.05, 0) is 0 Å². The van der Waals surface area contributed by atoms with Gasteiger partial charge in [0.05, 0.1) is 0 Å². The van der Waals surface area contributed by atoms with E-state index in [2.05, 4.69) is 19.2 Å². The molecule has 0 saturated carbocycles. The van der Waals surface area contributed by atoms with E-state index in [1.807, 2.05) is 0 Å². The molecule has 1 aliphatic rings. The van der Waals surface area contributed by atoms with Gasteiger partial charge in [-0.3, -0.25) is 0 Å². The van der Waals surface area contributed by atoms with Gasteiger partial charge in [-0.2, -0.15) is 0 Å². The Morgan fingerprint density at radius 1 is 0.571 bits per heavy atom. The summed E-state index contributed by atoms with van der Waals surface area (Å²) in [6.45, 7) is -7.41. The fraction of sp³-hybridized carbons (Fsp3) is 0. The quantitative estimate of drug-likeness (QED) is 0.236. The van der Waals surface area contributed by atoms with E-state index in [1.54, 1.807) is 0 Å². The average Bonchev–Trinajstić information content (AvgIpc) is 1.79. The van der Waals surface area contributed by atoms with Gasteiger partial charge in [0.25, 0.3) is 0 Å². The summed E-state index contributed by atoms with van der Waals surface area (Å²) in [5.74, 6) is 0. The molecule has 0 aromatic rings. The largest absolute Gasteiger partial charge is 1.00 e. The van der Waals surface area contributed by atoms with E-state index in [1.165, 1.54) is 0 Å². The zero-order valence-corrected chi connectivity index (χ0v) is 11.6. The Labute approximate surface area is 122 Å². The van der Waals surface area contributed by atoms with E-state index in [0.717, 1.165) is 0 Å². The Hall–Kier alpha value is 1.73. The molecule has 1 heterocycles. The van der Waals surface area contributed by atoms with Crippen molar-refractivity contribution in [3.8, 4) is 0 Å². The van der Waals surface area contributed by atoms with Crippen molar-refractivity contribution in [1.29, 1.82) is 0 Å². The minimum Gasteiger partial charge on any atom is -0.531 e. The predicted molar refractivity (Wildman–Crippen MR) is 32.0 cm³/mol. The Morgan fingerprint density at radius 3 is 0.857 bits per heavy atom. The molecule has 0 atom stereocenters. The van der Waals surface area contributed by atoms with Crippen molar-refractivity contribution in [2.24, 2.45) is 0 Å². The Morgan fingerprint density at radius 2 is 0.714 bits per heavy atom. The summed E-state index contributed by atoms with van der Waals surface area (Å²) < 4.78 is 0. The second-order valence-corrected chi connectivity index (χ2v) is 1.65. The molecule has 0 radical (unpaired) electrons. The van der Waals surface area contributed by atoms with Crippen molar-refractivity contribution in [3.05, 3.63) is 0 Å². The summed E-state index contributed by atoms with van der Waals surface area (Å²) in [5, 5.41) is 33.3. The van der Waals surface area contributed by atoms with Crippen LogP contribution in [-0.2, 0) is 19.2 Å². The van der Waals surface area contributed by atoms with Crippen LogP contribution in [0, 0.1) is 0 Å². The number of hydrogen-bond acceptors (Lipinski definition) is 8. The molecule has 76 valence electrons. The maximum atomic E-state index is 8.32. The third-order valence-corrected chi connectivity index (χ3v) is 0.613. The molecular formula is H8B2Na2O10. The molecule has 0 aromatic carbocycles. The molecule has 0 aromatic heterocycles. The molecule has 10 nitrogen and oxygen atoms in total. The van der Waals surface area contributed by atoms with Crippen LogP contribution in [0.5, 0.6) is 0 Å². The first kappa shape index (κ1) is 24.8. The van der Waals surface area contributed by atoms with Gasteiger partial charge in [-0.1, -0.05) is 0 Å². The zero-order valence-electron chi connectivity index (χ0n) is 7.58. The molecule has 1 rings (SSSR count). The minimum atomic E-state index is -3.71. The van der Waals surface area contributed by atoms with Crippen LogP contribution >= 0.6 is 0 Å². The summed E-state index contributed by atoms with van der Waals surface area (Å²) in [6.07, 6.45) is 0. The van der Waals surface area contributed by atoms with Crippen LogP contribution < -0.4 is 59.1 Å². The maximum absolute atomic E-state index is 8.32. The van der Waals surface area contributed by atoms with E-state index in [4.69, 9.17) is 20.1 Å². The predicted octanol–water partition coefficient (Wildman–Crippen LogP) is -10.9. The van der Waals surface area contributed by atoms with Gasteiger partial charge in [-0.15, -0.1) is 0 Å². The van der Waals surface area contributed by atoms with Gasteiger partial charge in [-0.25, -0.2) is 0 Å². The van der Waals surface area contributed by atoms with Crippen LogP contribution in [0.25, 0.3) is 0 Å². The second kappa shape index (κ2) is 8.83. The first-order valence-corrected chi connectivity index (χ1v) is 2.31. The monoisotopic (exact) mass is 236 g/mol. The summed E-state index contributed by atoms with van der Waals surface area (Å²) in [6, 6.07) is 0. The first-order valence-electron chi connectivity index (χ1n) is 2.31. The molecule has 8 N–H and O–H groups in total. The minimum absolute atomic E-state index is 0. The normalized spacial score (nSPS) is 21.4. The number of hydrogen-bond donors (Lipinski definition) is 4. The van der Waals surface area contributed by atoms with E-state index < -0.39 is 13.9 Å². The topological polar surface area (TPSA) is 181 Å². The summed E-state index contributed by atoms with van der Waals surface area (Å²) >= 11 is 0. The third-order valence-electron chi connectivity index (χ3n) is 0.613. The summed E-state index contributed by atoms with van der Waals surface area (Å²) in [5.41, 5.74) is 0. The van der Waals surface area contributed by atoms with E-state index in [9.17, 15) is 0 Å². The van der Waals surface area contributed by atoms with Gasteiger partial charge >= 0.3 is 73.0 Å². The van der Waals surface area contributed by atoms with Crippen LogP contribution in [0.15, 0.2) is 0 Å². The molecule has 0 aliphatic carbocycles. The van der Waals surface area contributed by atoms with Gasteiger partial charge in [0.15, 0.2) is 0 Å². The standard InChI is InChI=1S/B2H4O8.2Na.2H2O/c3-1(4)7-9-2(5,6)10-8-1;;;;/h3-6H;;;2*1H2/q-2;2*+1;;. The molecule has 1 aliphatic heterocycles. The molecule has 0 amide bonds. The van der Waals surface area contributed by atoms with Crippen LogP contribution in [0.1, 0.15) is 0 Å². The van der Waals surface area contributed by atoms with Crippen molar-refractivity contribution >= 4 is 13.9 Å². The van der Waals surface area contributed by atoms with E-state index in [-0.39, 0.29) is 70.1 Å². The third kappa shape index (κ3) is 8.99. The molecule has 0 bridgehead atoms. The molecule has 1 fully saturated rings. The second-order valence-electron chi connectivity index (χ2n) is 1.65.